The van der Waals surface area contributed by atoms with Crippen LogP contribution < -0.4 is 0 Å². The minimum Gasteiger partial charge on any atom is -0.341 e. The zero-order valence-corrected chi connectivity index (χ0v) is 14.5. The fourth-order valence-corrected chi connectivity index (χ4v) is 3.65. The van der Waals surface area contributed by atoms with Gasteiger partial charge in [0, 0.05) is 43.9 Å². The zero-order valence-electron chi connectivity index (χ0n) is 14.5. The highest BCUT2D eigenvalue weighted by atomic mass is 16.2. The van der Waals surface area contributed by atoms with Gasteiger partial charge in [-0.05, 0) is 56.6 Å². The fraction of sp³-hybridized carbons (Fsp3) is 0.421. The van der Waals surface area contributed by atoms with Crippen LogP contribution in [0.25, 0.3) is 0 Å². The number of nitrogens with zero attached hydrogens (tertiary/aromatic N) is 4. The van der Waals surface area contributed by atoms with E-state index in [4.69, 9.17) is 0 Å². The van der Waals surface area contributed by atoms with E-state index in [1.165, 1.54) is 5.56 Å². The van der Waals surface area contributed by atoms with Crippen LogP contribution in [0.2, 0.25) is 0 Å². The van der Waals surface area contributed by atoms with Crippen molar-refractivity contribution < 1.29 is 4.79 Å². The highest BCUT2D eigenvalue weighted by Gasteiger charge is 2.34. The summed E-state index contributed by atoms with van der Waals surface area (Å²) in [5.41, 5.74) is 2.69. The van der Waals surface area contributed by atoms with Crippen molar-refractivity contribution in [2.75, 3.05) is 27.2 Å². The van der Waals surface area contributed by atoms with Crippen molar-refractivity contribution in [3.05, 3.63) is 59.7 Å². The second kappa shape index (κ2) is 7.09. The molecule has 1 saturated heterocycles. The number of aromatic nitrogens is 2. The summed E-state index contributed by atoms with van der Waals surface area (Å²) in [6, 6.07) is 8.08. The first-order valence-electron chi connectivity index (χ1n) is 8.35. The molecule has 2 aromatic heterocycles. The van der Waals surface area contributed by atoms with Crippen LogP contribution in [-0.2, 0) is 0 Å². The van der Waals surface area contributed by atoms with E-state index >= 15 is 0 Å². The van der Waals surface area contributed by atoms with Crippen molar-refractivity contribution in [3.8, 4) is 0 Å². The average molecular weight is 324 g/mol. The standard InChI is InChI=1S/C19H24N4O/c1-14-17(7-5-10-21-14)19(24)23(3)13-16-8-11-22(2)18(16)15-6-4-9-20-12-15/h4-7,9-10,12,16,18H,8,11,13H2,1-3H3/t16-,18-/m0/s1. The van der Waals surface area contributed by atoms with Gasteiger partial charge in [0.25, 0.3) is 5.91 Å². The van der Waals surface area contributed by atoms with E-state index in [2.05, 4.69) is 28.0 Å². The first-order valence-corrected chi connectivity index (χ1v) is 8.35. The van der Waals surface area contributed by atoms with E-state index < -0.39 is 0 Å². The van der Waals surface area contributed by atoms with E-state index in [1.54, 1.807) is 12.4 Å². The Hall–Kier alpha value is -2.27. The van der Waals surface area contributed by atoms with Crippen LogP contribution in [-0.4, -0.2) is 52.9 Å². The molecule has 1 fully saturated rings. The monoisotopic (exact) mass is 324 g/mol. The molecule has 3 heterocycles. The Labute approximate surface area is 143 Å². The number of carbonyl (C=O) groups excluding carboxylic acids is 1. The minimum atomic E-state index is 0.0417. The topological polar surface area (TPSA) is 49.3 Å². The third kappa shape index (κ3) is 3.31. The highest BCUT2D eigenvalue weighted by molar-refractivity contribution is 5.95. The van der Waals surface area contributed by atoms with Gasteiger partial charge in [0.1, 0.15) is 0 Å². The van der Waals surface area contributed by atoms with Crippen LogP contribution in [0.3, 0.4) is 0 Å². The van der Waals surface area contributed by atoms with Gasteiger partial charge in [0.05, 0.1) is 5.56 Å². The molecule has 0 spiro atoms. The lowest BCUT2D eigenvalue weighted by molar-refractivity contribution is 0.0759. The minimum absolute atomic E-state index is 0.0417. The molecule has 2 aromatic rings. The first kappa shape index (κ1) is 16.6. The number of hydrogen-bond acceptors (Lipinski definition) is 4. The maximum Gasteiger partial charge on any atom is 0.255 e. The Kier molecular flexibility index (Phi) is 4.90. The number of carbonyl (C=O) groups is 1. The molecular formula is C19H24N4O. The number of rotatable bonds is 4. The van der Waals surface area contributed by atoms with Gasteiger partial charge in [-0.25, -0.2) is 0 Å². The maximum absolute atomic E-state index is 12.7. The summed E-state index contributed by atoms with van der Waals surface area (Å²) in [5, 5.41) is 0. The van der Waals surface area contributed by atoms with Gasteiger partial charge in [-0.3, -0.25) is 19.7 Å². The second-order valence-corrected chi connectivity index (χ2v) is 6.58. The molecule has 5 nitrogen and oxygen atoms in total. The Balaban J connectivity index is 1.75. The number of pyridine rings is 2. The second-order valence-electron chi connectivity index (χ2n) is 6.58. The third-order valence-corrected chi connectivity index (χ3v) is 4.89. The molecule has 1 aliphatic rings. The van der Waals surface area contributed by atoms with Crippen molar-refractivity contribution in [3.63, 3.8) is 0 Å². The lowest BCUT2D eigenvalue weighted by atomic mass is 9.94. The number of amides is 1. The zero-order chi connectivity index (χ0) is 17.1. The molecule has 0 aromatic carbocycles. The van der Waals surface area contributed by atoms with E-state index in [9.17, 15) is 4.79 Å². The molecule has 0 saturated carbocycles. The predicted molar refractivity (Wildman–Crippen MR) is 93.6 cm³/mol. The van der Waals surface area contributed by atoms with Crippen LogP contribution in [0, 0.1) is 12.8 Å². The molecule has 0 bridgehead atoms. The van der Waals surface area contributed by atoms with Gasteiger partial charge < -0.3 is 4.90 Å². The molecule has 0 unspecified atom stereocenters. The summed E-state index contributed by atoms with van der Waals surface area (Å²) < 4.78 is 0. The molecule has 1 aliphatic heterocycles. The van der Waals surface area contributed by atoms with Crippen LogP contribution >= 0.6 is 0 Å². The van der Waals surface area contributed by atoms with Crippen molar-refractivity contribution in [1.29, 1.82) is 0 Å². The van der Waals surface area contributed by atoms with Gasteiger partial charge in [-0.1, -0.05) is 6.07 Å². The molecule has 0 N–H and O–H groups in total. The summed E-state index contributed by atoms with van der Waals surface area (Å²) in [4.78, 5) is 25.4. The molecule has 1 amide bonds. The van der Waals surface area contributed by atoms with E-state index in [-0.39, 0.29) is 5.91 Å². The Morgan fingerprint density at radius 1 is 1.33 bits per heavy atom. The van der Waals surface area contributed by atoms with E-state index in [0.717, 1.165) is 25.2 Å². The summed E-state index contributed by atoms with van der Waals surface area (Å²) in [6.45, 7) is 3.65. The van der Waals surface area contributed by atoms with Gasteiger partial charge in [-0.15, -0.1) is 0 Å². The number of hydrogen-bond donors (Lipinski definition) is 0. The number of likely N-dealkylation sites (tertiary alicyclic amines) is 1. The average Bonchev–Trinajstić information content (AvgIpc) is 2.96. The normalized spacial score (nSPS) is 21.0. The smallest absolute Gasteiger partial charge is 0.255 e. The quantitative estimate of drug-likeness (QED) is 0.867. The summed E-state index contributed by atoms with van der Waals surface area (Å²) in [6.07, 6.45) is 6.54. The van der Waals surface area contributed by atoms with Gasteiger partial charge in [-0.2, -0.15) is 0 Å². The molecule has 0 radical (unpaired) electrons. The summed E-state index contributed by atoms with van der Waals surface area (Å²) >= 11 is 0. The third-order valence-electron chi connectivity index (χ3n) is 4.89. The predicted octanol–water partition coefficient (Wildman–Crippen LogP) is 2.55. The first-order chi connectivity index (χ1) is 11.6. The van der Waals surface area contributed by atoms with Crippen LogP contribution in [0.1, 0.15) is 34.1 Å². The van der Waals surface area contributed by atoms with Gasteiger partial charge >= 0.3 is 0 Å². The van der Waals surface area contributed by atoms with Crippen molar-refractivity contribution >= 4 is 5.91 Å². The van der Waals surface area contributed by atoms with Gasteiger partial charge in [0.15, 0.2) is 0 Å². The molecule has 24 heavy (non-hydrogen) atoms. The van der Waals surface area contributed by atoms with Crippen LogP contribution in [0.15, 0.2) is 42.9 Å². The summed E-state index contributed by atoms with van der Waals surface area (Å²) in [5.74, 6) is 0.449. The maximum atomic E-state index is 12.7. The van der Waals surface area contributed by atoms with E-state index in [0.29, 0.717) is 17.5 Å². The highest BCUT2D eigenvalue weighted by Crippen LogP contribution is 2.36. The van der Waals surface area contributed by atoms with Crippen LogP contribution in [0.4, 0.5) is 0 Å². The summed E-state index contributed by atoms with van der Waals surface area (Å²) in [7, 11) is 4.03. The Morgan fingerprint density at radius 2 is 2.12 bits per heavy atom. The SMILES string of the molecule is Cc1ncccc1C(=O)N(C)C[C@@H]1CCN(C)[C@H]1c1cccnc1. The van der Waals surface area contributed by atoms with E-state index in [1.807, 2.05) is 43.3 Å². The van der Waals surface area contributed by atoms with Crippen molar-refractivity contribution in [1.82, 2.24) is 19.8 Å². The van der Waals surface area contributed by atoms with Crippen LogP contribution in [0.5, 0.6) is 0 Å². The van der Waals surface area contributed by atoms with Crippen molar-refractivity contribution in [2.45, 2.75) is 19.4 Å². The molecule has 126 valence electrons. The Morgan fingerprint density at radius 3 is 2.83 bits per heavy atom. The number of aryl methyl sites for hydroxylation is 1. The van der Waals surface area contributed by atoms with Crippen molar-refractivity contribution in [2.24, 2.45) is 5.92 Å². The fourth-order valence-electron chi connectivity index (χ4n) is 3.65. The molecule has 2 atom stereocenters. The lowest BCUT2D eigenvalue weighted by Gasteiger charge is -2.29. The Bertz CT molecular complexity index is 704. The lowest BCUT2D eigenvalue weighted by Crippen LogP contribution is -2.34. The molecule has 0 aliphatic carbocycles. The molecule has 3 rings (SSSR count). The molecule has 5 heteroatoms. The molecular weight excluding hydrogens is 300 g/mol. The largest absolute Gasteiger partial charge is 0.341 e. The van der Waals surface area contributed by atoms with Gasteiger partial charge in [0.2, 0.25) is 0 Å².